The summed E-state index contributed by atoms with van der Waals surface area (Å²) in [5, 5.41) is 0. The molecule has 0 saturated carbocycles. The maximum atomic E-state index is 12.9. The molecule has 0 spiro atoms. The molecule has 0 bridgehead atoms. The van der Waals surface area contributed by atoms with E-state index in [2.05, 4.69) is 4.72 Å². The second-order valence-corrected chi connectivity index (χ2v) is 10.1. The summed E-state index contributed by atoms with van der Waals surface area (Å²) in [6, 6.07) is 20.8. The van der Waals surface area contributed by atoms with Crippen molar-refractivity contribution < 1.29 is 18.0 Å². The monoisotopic (exact) mass is 477 g/mol. The van der Waals surface area contributed by atoms with Crippen LogP contribution in [0.1, 0.15) is 31.8 Å². The molecule has 1 heterocycles. The molecule has 0 radical (unpaired) electrons. The Morgan fingerprint density at radius 2 is 1.26 bits per heavy atom. The van der Waals surface area contributed by atoms with Gasteiger partial charge in [-0.1, -0.05) is 30.3 Å². The fraction of sp³-hybridized carbons (Fsp3) is 0.231. The van der Waals surface area contributed by atoms with Gasteiger partial charge in [-0.25, -0.2) is 8.42 Å². The highest BCUT2D eigenvalue weighted by Gasteiger charge is 2.25. The van der Waals surface area contributed by atoms with Crippen molar-refractivity contribution in [1.82, 2.24) is 9.80 Å². The van der Waals surface area contributed by atoms with E-state index in [1.807, 2.05) is 31.2 Å². The van der Waals surface area contributed by atoms with Crippen molar-refractivity contribution in [3.63, 3.8) is 0 Å². The van der Waals surface area contributed by atoms with Gasteiger partial charge in [0.1, 0.15) is 0 Å². The molecule has 3 aromatic rings. The Kier molecular flexibility index (Phi) is 6.70. The Hall–Kier alpha value is -3.65. The minimum Gasteiger partial charge on any atom is -0.335 e. The van der Waals surface area contributed by atoms with Crippen LogP contribution in [-0.4, -0.2) is 56.2 Å². The number of carbonyl (C=O) groups is 2. The summed E-state index contributed by atoms with van der Waals surface area (Å²) in [7, 11) is -3.74. The van der Waals surface area contributed by atoms with Crippen LogP contribution in [0.4, 0.5) is 5.69 Å². The molecule has 0 unspecified atom stereocenters. The highest BCUT2D eigenvalue weighted by Crippen LogP contribution is 2.21. The molecular formula is C26H27N3O4S. The normalized spacial score (nSPS) is 14.1. The summed E-state index contributed by atoms with van der Waals surface area (Å²) >= 11 is 0. The zero-order chi connectivity index (χ0) is 24.3. The summed E-state index contributed by atoms with van der Waals surface area (Å²) in [5.41, 5.74) is 3.02. The van der Waals surface area contributed by atoms with Crippen molar-refractivity contribution in [2.24, 2.45) is 0 Å². The number of piperazine rings is 1. The van der Waals surface area contributed by atoms with Crippen LogP contribution in [0.25, 0.3) is 0 Å². The number of amides is 2. The largest absolute Gasteiger partial charge is 0.335 e. The van der Waals surface area contributed by atoms with Gasteiger partial charge in [-0.3, -0.25) is 14.3 Å². The Balaban J connectivity index is 1.38. The van der Waals surface area contributed by atoms with E-state index in [9.17, 15) is 18.0 Å². The minimum absolute atomic E-state index is 0.0341. The van der Waals surface area contributed by atoms with Gasteiger partial charge in [0.15, 0.2) is 0 Å². The van der Waals surface area contributed by atoms with Crippen LogP contribution in [0.2, 0.25) is 0 Å². The zero-order valence-corrected chi connectivity index (χ0v) is 20.0. The summed E-state index contributed by atoms with van der Waals surface area (Å²) < 4.78 is 28.2. The van der Waals surface area contributed by atoms with Gasteiger partial charge in [0.2, 0.25) is 0 Å². The van der Waals surface area contributed by atoms with Gasteiger partial charge in [-0.2, -0.15) is 0 Å². The van der Waals surface area contributed by atoms with Crippen molar-refractivity contribution in [3.05, 3.63) is 95.1 Å². The van der Waals surface area contributed by atoms with Gasteiger partial charge in [0.25, 0.3) is 21.8 Å². The van der Waals surface area contributed by atoms with E-state index in [0.29, 0.717) is 48.6 Å². The molecular weight excluding hydrogens is 450 g/mol. The lowest BCUT2D eigenvalue weighted by atomic mass is 10.1. The number of benzene rings is 3. The van der Waals surface area contributed by atoms with Crippen LogP contribution in [0.15, 0.2) is 77.7 Å². The first kappa shape index (κ1) is 23.5. The first-order valence-corrected chi connectivity index (χ1v) is 12.6. The second kappa shape index (κ2) is 9.69. The first-order chi connectivity index (χ1) is 16.2. The Labute approximate surface area is 200 Å². The molecule has 8 heteroatoms. The van der Waals surface area contributed by atoms with Gasteiger partial charge in [-0.15, -0.1) is 0 Å². The van der Waals surface area contributed by atoms with Crippen LogP contribution in [-0.2, 0) is 10.0 Å². The summed E-state index contributed by atoms with van der Waals surface area (Å²) in [6.45, 7) is 5.41. The quantitative estimate of drug-likeness (QED) is 0.607. The average molecular weight is 478 g/mol. The molecule has 1 aliphatic heterocycles. The first-order valence-electron chi connectivity index (χ1n) is 11.1. The molecule has 3 aromatic carbocycles. The van der Waals surface area contributed by atoms with Crippen LogP contribution in [0, 0.1) is 13.8 Å². The number of sulfonamides is 1. The van der Waals surface area contributed by atoms with Crippen LogP contribution < -0.4 is 4.72 Å². The minimum atomic E-state index is -3.74. The third-order valence-electron chi connectivity index (χ3n) is 5.89. The maximum absolute atomic E-state index is 12.9. The third-order valence-corrected chi connectivity index (χ3v) is 7.42. The Bertz CT molecular complexity index is 1300. The van der Waals surface area contributed by atoms with Crippen molar-refractivity contribution in [2.45, 2.75) is 18.7 Å². The lowest BCUT2D eigenvalue weighted by Crippen LogP contribution is -2.50. The van der Waals surface area contributed by atoms with Gasteiger partial charge in [0, 0.05) is 43.0 Å². The molecule has 176 valence electrons. The molecule has 7 nitrogen and oxygen atoms in total. The number of anilines is 1. The molecule has 1 N–H and O–H groups in total. The van der Waals surface area contributed by atoms with Crippen LogP contribution in [0.5, 0.6) is 0 Å². The van der Waals surface area contributed by atoms with Gasteiger partial charge in [0.05, 0.1) is 4.90 Å². The molecule has 0 aliphatic carbocycles. The van der Waals surface area contributed by atoms with Crippen molar-refractivity contribution in [1.29, 1.82) is 0 Å². The highest BCUT2D eigenvalue weighted by atomic mass is 32.2. The molecule has 1 saturated heterocycles. The molecule has 34 heavy (non-hydrogen) atoms. The molecule has 4 rings (SSSR count). The predicted molar refractivity (Wildman–Crippen MR) is 131 cm³/mol. The van der Waals surface area contributed by atoms with Crippen molar-refractivity contribution in [3.8, 4) is 0 Å². The maximum Gasteiger partial charge on any atom is 0.262 e. The van der Waals surface area contributed by atoms with Crippen LogP contribution in [0.3, 0.4) is 0 Å². The van der Waals surface area contributed by atoms with Gasteiger partial charge < -0.3 is 9.80 Å². The van der Waals surface area contributed by atoms with E-state index in [4.69, 9.17) is 0 Å². The number of aryl methyl sites for hydroxylation is 2. The standard InChI is InChI=1S/C26H27N3O4S/c1-19-8-9-20(2)24(18-19)34(32,33)27-23-12-10-22(11-13-23)26(31)29-16-14-28(15-17-29)25(30)21-6-4-3-5-7-21/h3-13,18,27H,14-17H2,1-2H3. The Morgan fingerprint density at radius 1 is 0.735 bits per heavy atom. The number of hydrogen-bond acceptors (Lipinski definition) is 4. The van der Waals surface area contributed by atoms with Gasteiger partial charge >= 0.3 is 0 Å². The fourth-order valence-corrected chi connectivity index (χ4v) is 5.34. The highest BCUT2D eigenvalue weighted by molar-refractivity contribution is 7.92. The lowest BCUT2D eigenvalue weighted by Gasteiger charge is -2.35. The average Bonchev–Trinajstić information content (AvgIpc) is 2.85. The number of hydrogen-bond donors (Lipinski definition) is 1. The molecule has 1 fully saturated rings. The molecule has 0 aromatic heterocycles. The Morgan fingerprint density at radius 3 is 1.82 bits per heavy atom. The molecule has 1 aliphatic rings. The number of rotatable bonds is 5. The molecule has 2 amide bonds. The summed E-state index contributed by atoms with van der Waals surface area (Å²) in [4.78, 5) is 29.2. The topological polar surface area (TPSA) is 86.8 Å². The zero-order valence-electron chi connectivity index (χ0n) is 19.2. The number of nitrogens with zero attached hydrogens (tertiary/aromatic N) is 2. The van der Waals surface area contributed by atoms with E-state index in [-0.39, 0.29) is 16.7 Å². The smallest absolute Gasteiger partial charge is 0.262 e. The van der Waals surface area contributed by atoms with E-state index in [1.54, 1.807) is 65.3 Å². The lowest BCUT2D eigenvalue weighted by molar-refractivity contribution is 0.0535. The van der Waals surface area contributed by atoms with E-state index in [0.717, 1.165) is 5.56 Å². The fourth-order valence-electron chi connectivity index (χ4n) is 3.95. The third kappa shape index (κ3) is 5.12. The number of nitrogens with one attached hydrogen (secondary N) is 1. The second-order valence-electron chi connectivity index (χ2n) is 8.40. The summed E-state index contributed by atoms with van der Waals surface area (Å²) in [5.74, 6) is -0.177. The van der Waals surface area contributed by atoms with Gasteiger partial charge in [-0.05, 0) is 67.4 Å². The van der Waals surface area contributed by atoms with Crippen LogP contribution >= 0.6 is 0 Å². The van der Waals surface area contributed by atoms with E-state index in [1.165, 1.54) is 0 Å². The van der Waals surface area contributed by atoms with Crippen molar-refractivity contribution in [2.75, 3.05) is 30.9 Å². The molecule has 0 atom stereocenters. The number of carbonyl (C=O) groups excluding carboxylic acids is 2. The van der Waals surface area contributed by atoms with E-state index >= 15 is 0 Å². The SMILES string of the molecule is Cc1ccc(C)c(S(=O)(=O)Nc2ccc(C(=O)N3CCN(C(=O)c4ccccc4)CC3)cc2)c1. The summed E-state index contributed by atoms with van der Waals surface area (Å²) in [6.07, 6.45) is 0. The predicted octanol–water partition coefficient (Wildman–Crippen LogP) is 3.70. The van der Waals surface area contributed by atoms with E-state index < -0.39 is 10.0 Å². The van der Waals surface area contributed by atoms with Crippen molar-refractivity contribution >= 4 is 27.5 Å².